The third-order valence-electron chi connectivity index (χ3n) is 2.43. The van der Waals surface area contributed by atoms with Crippen LogP contribution in [-0.4, -0.2) is 6.61 Å². The minimum absolute atomic E-state index is 0.842. The highest BCUT2D eigenvalue weighted by atomic mass is 16.5. The van der Waals surface area contributed by atoms with Gasteiger partial charge < -0.3 is 4.74 Å². The number of fused-ring (bicyclic) bond motifs is 1. The van der Waals surface area contributed by atoms with Gasteiger partial charge in [-0.05, 0) is 31.4 Å². The molecule has 1 nitrogen and oxygen atoms in total. The van der Waals surface area contributed by atoms with Crippen molar-refractivity contribution < 1.29 is 4.74 Å². The molecule has 0 bridgehead atoms. The molecule has 1 aliphatic heterocycles. The lowest BCUT2D eigenvalue weighted by molar-refractivity contribution is 0.318. The Labute approximate surface area is 79.0 Å². The average molecular weight is 174 g/mol. The van der Waals surface area contributed by atoms with Crippen LogP contribution in [0.5, 0.6) is 5.75 Å². The molecule has 0 unspecified atom stereocenters. The molecule has 1 heteroatoms. The van der Waals surface area contributed by atoms with E-state index in [0.29, 0.717) is 0 Å². The zero-order chi connectivity index (χ0) is 9.10. The summed E-state index contributed by atoms with van der Waals surface area (Å²) < 4.78 is 5.64. The second-order valence-electron chi connectivity index (χ2n) is 3.26. The van der Waals surface area contributed by atoms with Crippen molar-refractivity contribution in [1.29, 1.82) is 0 Å². The second-order valence-corrected chi connectivity index (χ2v) is 3.26. The SMILES string of the molecule is C/C=C1\CCCOc2ccccc21. The number of allylic oxidation sites excluding steroid dienone is 2. The average Bonchev–Trinajstić information content (AvgIpc) is 2.39. The smallest absolute Gasteiger partial charge is 0.126 e. The van der Waals surface area contributed by atoms with E-state index in [1.165, 1.54) is 11.1 Å². The largest absolute Gasteiger partial charge is 0.493 e. The van der Waals surface area contributed by atoms with Gasteiger partial charge in [0.25, 0.3) is 0 Å². The van der Waals surface area contributed by atoms with Gasteiger partial charge in [-0.1, -0.05) is 24.3 Å². The van der Waals surface area contributed by atoms with Crippen LogP contribution in [0.4, 0.5) is 0 Å². The maximum absolute atomic E-state index is 5.64. The maximum atomic E-state index is 5.64. The van der Waals surface area contributed by atoms with Crippen molar-refractivity contribution in [3.8, 4) is 5.75 Å². The predicted octanol–water partition coefficient (Wildman–Crippen LogP) is 3.26. The van der Waals surface area contributed by atoms with Crippen molar-refractivity contribution in [3.63, 3.8) is 0 Å². The van der Waals surface area contributed by atoms with Crippen LogP contribution in [0.1, 0.15) is 25.3 Å². The molecular weight excluding hydrogens is 160 g/mol. The molecule has 1 heterocycles. The molecule has 0 aromatic heterocycles. The summed E-state index contributed by atoms with van der Waals surface area (Å²) in [7, 11) is 0. The Morgan fingerprint density at radius 2 is 2.15 bits per heavy atom. The first-order chi connectivity index (χ1) is 6.42. The fourth-order valence-corrected chi connectivity index (χ4v) is 1.74. The van der Waals surface area contributed by atoms with Crippen LogP contribution in [-0.2, 0) is 0 Å². The first-order valence-electron chi connectivity index (χ1n) is 4.79. The topological polar surface area (TPSA) is 9.23 Å². The minimum atomic E-state index is 0.842. The van der Waals surface area contributed by atoms with Crippen molar-refractivity contribution in [1.82, 2.24) is 0 Å². The highest BCUT2D eigenvalue weighted by Gasteiger charge is 2.11. The lowest BCUT2D eigenvalue weighted by Crippen LogP contribution is -1.93. The summed E-state index contributed by atoms with van der Waals surface area (Å²) in [5.74, 6) is 1.04. The Morgan fingerprint density at radius 1 is 1.31 bits per heavy atom. The molecule has 1 aliphatic rings. The summed E-state index contributed by atoms with van der Waals surface area (Å²) in [5, 5.41) is 0. The molecule has 1 aromatic carbocycles. The Balaban J connectivity index is 2.48. The minimum Gasteiger partial charge on any atom is -0.493 e. The zero-order valence-electron chi connectivity index (χ0n) is 7.92. The number of para-hydroxylation sites is 1. The Kier molecular flexibility index (Phi) is 2.35. The summed E-state index contributed by atoms with van der Waals surface area (Å²) in [6.45, 7) is 2.94. The predicted molar refractivity (Wildman–Crippen MR) is 54.8 cm³/mol. The Morgan fingerprint density at radius 3 is 3.00 bits per heavy atom. The van der Waals surface area contributed by atoms with Gasteiger partial charge in [-0.3, -0.25) is 0 Å². The van der Waals surface area contributed by atoms with Gasteiger partial charge in [0, 0.05) is 5.56 Å². The normalized spacial score (nSPS) is 19.0. The molecule has 0 radical (unpaired) electrons. The molecule has 0 fully saturated rings. The molecule has 0 N–H and O–H groups in total. The first kappa shape index (κ1) is 8.36. The van der Waals surface area contributed by atoms with Crippen LogP contribution in [0, 0.1) is 0 Å². The quantitative estimate of drug-likeness (QED) is 0.586. The molecule has 0 saturated heterocycles. The first-order valence-corrected chi connectivity index (χ1v) is 4.79. The lowest BCUT2D eigenvalue weighted by Gasteiger charge is -2.06. The van der Waals surface area contributed by atoms with Crippen LogP contribution in [0.15, 0.2) is 30.3 Å². The van der Waals surface area contributed by atoms with Crippen molar-refractivity contribution in [2.75, 3.05) is 6.61 Å². The van der Waals surface area contributed by atoms with Gasteiger partial charge in [-0.25, -0.2) is 0 Å². The fraction of sp³-hybridized carbons (Fsp3) is 0.333. The number of benzene rings is 1. The second kappa shape index (κ2) is 3.65. The van der Waals surface area contributed by atoms with E-state index in [9.17, 15) is 0 Å². The molecular formula is C12H14O. The van der Waals surface area contributed by atoms with Crippen molar-refractivity contribution in [2.45, 2.75) is 19.8 Å². The van der Waals surface area contributed by atoms with Gasteiger partial charge >= 0.3 is 0 Å². The standard InChI is InChI=1S/C12H14O/c1-2-10-6-5-9-13-12-8-4-3-7-11(10)12/h2-4,7-8H,5-6,9H2,1H3/b10-2+. The van der Waals surface area contributed by atoms with Crippen LogP contribution in [0.2, 0.25) is 0 Å². The van der Waals surface area contributed by atoms with Crippen LogP contribution < -0.4 is 4.74 Å². The molecule has 68 valence electrons. The third-order valence-corrected chi connectivity index (χ3v) is 2.43. The van der Waals surface area contributed by atoms with Gasteiger partial charge in [0.1, 0.15) is 5.75 Å². The Hall–Kier alpha value is -1.24. The molecule has 0 atom stereocenters. The summed E-state index contributed by atoms with van der Waals surface area (Å²) in [6, 6.07) is 8.27. The van der Waals surface area contributed by atoms with E-state index in [1.807, 2.05) is 12.1 Å². The summed E-state index contributed by atoms with van der Waals surface area (Å²) in [4.78, 5) is 0. The fourth-order valence-electron chi connectivity index (χ4n) is 1.74. The van der Waals surface area contributed by atoms with Gasteiger partial charge in [-0.2, -0.15) is 0 Å². The Bertz CT molecular complexity index is 326. The molecule has 2 rings (SSSR count). The number of ether oxygens (including phenoxy) is 1. The molecule has 13 heavy (non-hydrogen) atoms. The van der Waals surface area contributed by atoms with Crippen LogP contribution in [0.25, 0.3) is 5.57 Å². The van der Waals surface area contributed by atoms with E-state index < -0.39 is 0 Å². The molecule has 0 aliphatic carbocycles. The molecule has 0 saturated carbocycles. The van der Waals surface area contributed by atoms with Crippen molar-refractivity contribution in [3.05, 3.63) is 35.9 Å². The summed E-state index contributed by atoms with van der Waals surface area (Å²) in [5.41, 5.74) is 2.68. The zero-order valence-corrected chi connectivity index (χ0v) is 7.92. The van der Waals surface area contributed by atoms with Gasteiger partial charge in [-0.15, -0.1) is 0 Å². The van der Waals surface area contributed by atoms with E-state index in [2.05, 4.69) is 25.1 Å². The number of hydrogen-bond donors (Lipinski definition) is 0. The van der Waals surface area contributed by atoms with Crippen molar-refractivity contribution in [2.24, 2.45) is 0 Å². The van der Waals surface area contributed by atoms with Crippen LogP contribution in [0.3, 0.4) is 0 Å². The molecule has 0 amide bonds. The molecule has 1 aromatic rings. The van der Waals surface area contributed by atoms with E-state index in [0.717, 1.165) is 25.2 Å². The lowest BCUT2D eigenvalue weighted by atomic mass is 10.0. The van der Waals surface area contributed by atoms with E-state index >= 15 is 0 Å². The highest BCUT2D eigenvalue weighted by molar-refractivity contribution is 5.70. The molecule has 0 spiro atoms. The maximum Gasteiger partial charge on any atom is 0.126 e. The summed E-state index contributed by atoms with van der Waals surface area (Å²) >= 11 is 0. The van der Waals surface area contributed by atoms with Gasteiger partial charge in [0.15, 0.2) is 0 Å². The number of rotatable bonds is 0. The monoisotopic (exact) mass is 174 g/mol. The van der Waals surface area contributed by atoms with E-state index in [-0.39, 0.29) is 0 Å². The van der Waals surface area contributed by atoms with Crippen LogP contribution >= 0.6 is 0 Å². The van der Waals surface area contributed by atoms with E-state index in [1.54, 1.807) is 0 Å². The van der Waals surface area contributed by atoms with Gasteiger partial charge in [0.05, 0.1) is 6.61 Å². The van der Waals surface area contributed by atoms with E-state index in [4.69, 9.17) is 4.74 Å². The highest BCUT2D eigenvalue weighted by Crippen LogP contribution is 2.31. The van der Waals surface area contributed by atoms with Gasteiger partial charge in [0.2, 0.25) is 0 Å². The summed E-state index contributed by atoms with van der Waals surface area (Å²) in [6.07, 6.45) is 4.44. The van der Waals surface area contributed by atoms with Crippen molar-refractivity contribution >= 4 is 5.57 Å². The third kappa shape index (κ3) is 1.59. The number of hydrogen-bond acceptors (Lipinski definition) is 1.